The van der Waals surface area contributed by atoms with E-state index in [1.165, 1.54) is 14.0 Å². The fourth-order valence-electron chi connectivity index (χ4n) is 0.887. The van der Waals surface area contributed by atoms with E-state index in [-0.39, 0.29) is 12.4 Å². The number of urea groups is 1. The molecule has 8 heteroatoms. The Morgan fingerprint density at radius 3 is 2.67 bits per heavy atom. The first kappa shape index (κ1) is 11.0. The topological polar surface area (TPSA) is 106 Å². The lowest BCUT2D eigenvalue weighted by Gasteiger charge is -2.02. The van der Waals surface area contributed by atoms with Crippen LogP contribution in [0.2, 0.25) is 0 Å². The zero-order chi connectivity index (χ0) is 11.4. The van der Waals surface area contributed by atoms with Crippen molar-refractivity contribution in [3.63, 3.8) is 0 Å². The fraction of sp³-hybridized carbons (Fsp3) is 0.429. The van der Waals surface area contributed by atoms with Crippen LogP contribution in [0.1, 0.15) is 5.82 Å². The van der Waals surface area contributed by atoms with Gasteiger partial charge in [-0.2, -0.15) is 0 Å². The van der Waals surface area contributed by atoms with Gasteiger partial charge in [0.15, 0.2) is 5.82 Å². The Labute approximate surface area is 84.2 Å². The van der Waals surface area contributed by atoms with Gasteiger partial charge < -0.3 is 5.32 Å². The predicted molar refractivity (Wildman–Crippen MR) is 48.1 cm³/mol. The molecule has 0 fully saturated rings. The molecule has 1 aromatic rings. The van der Waals surface area contributed by atoms with Crippen LogP contribution in [0.15, 0.2) is 9.32 Å². The maximum atomic E-state index is 11.2. The lowest BCUT2D eigenvalue weighted by atomic mass is 10.5. The summed E-state index contributed by atoms with van der Waals surface area (Å²) in [6.07, 6.45) is 0. The minimum Gasteiger partial charge on any atom is -0.341 e. The van der Waals surface area contributed by atoms with E-state index < -0.39 is 17.7 Å². The van der Waals surface area contributed by atoms with Crippen LogP contribution in [0.5, 0.6) is 0 Å². The van der Waals surface area contributed by atoms with Crippen molar-refractivity contribution in [1.29, 1.82) is 0 Å². The molecular formula is C7H10N4O4. The number of amides is 3. The average Bonchev–Trinajstić information content (AvgIpc) is 2.49. The van der Waals surface area contributed by atoms with Crippen LogP contribution in [-0.2, 0) is 11.3 Å². The number of aryl methyl sites for hydroxylation is 1. The van der Waals surface area contributed by atoms with Crippen LogP contribution in [0, 0.1) is 6.92 Å². The van der Waals surface area contributed by atoms with Crippen molar-refractivity contribution >= 4 is 11.9 Å². The summed E-state index contributed by atoms with van der Waals surface area (Å²) in [4.78, 5) is 32.9. The minimum atomic E-state index is -0.737. The summed E-state index contributed by atoms with van der Waals surface area (Å²) < 4.78 is 5.32. The lowest BCUT2D eigenvalue weighted by Crippen LogP contribution is -2.40. The number of nitrogens with zero attached hydrogens (tertiary/aromatic N) is 2. The fourth-order valence-corrected chi connectivity index (χ4v) is 0.887. The van der Waals surface area contributed by atoms with Gasteiger partial charge >= 0.3 is 11.8 Å². The molecule has 1 aromatic heterocycles. The summed E-state index contributed by atoms with van der Waals surface area (Å²) in [5, 5.41) is 7.57. The summed E-state index contributed by atoms with van der Waals surface area (Å²) in [6, 6.07) is -0.637. The second-order valence-corrected chi connectivity index (χ2v) is 2.71. The summed E-state index contributed by atoms with van der Waals surface area (Å²) >= 11 is 0. The molecule has 0 saturated carbocycles. The Bertz CT molecular complexity index is 432. The number of hydrogen-bond acceptors (Lipinski definition) is 5. The normalized spacial score (nSPS) is 9.73. The van der Waals surface area contributed by atoms with Crippen LogP contribution < -0.4 is 16.4 Å². The number of carbonyl (C=O) groups excluding carboxylic acids is 2. The van der Waals surface area contributed by atoms with Crippen LogP contribution in [0.3, 0.4) is 0 Å². The molecule has 2 N–H and O–H groups in total. The molecule has 15 heavy (non-hydrogen) atoms. The highest BCUT2D eigenvalue weighted by Crippen LogP contribution is 1.88. The standard InChI is InChI=1S/C7H10N4O4/c1-4-10-15-7(14)11(4)3-5(12)9-6(13)8-2/h3H2,1-2H3,(H2,8,9,12,13). The van der Waals surface area contributed by atoms with Gasteiger partial charge in [0.1, 0.15) is 6.54 Å². The maximum absolute atomic E-state index is 11.2. The molecule has 0 bridgehead atoms. The number of hydrogen-bond donors (Lipinski definition) is 2. The number of rotatable bonds is 2. The van der Waals surface area contributed by atoms with E-state index in [0.29, 0.717) is 0 Å². The second kappa shape index (κ2) is 4.40. The van der Waals surface area contributed by atoms with E-state index in [2.05, 4.69) is 15.0 Å². The third kappa shape index (κ3) is 2.66. The Kier molecular flexibility index (Phi) is 3.21. The minimum absolute atomic E-state index is 0.270. The Hall–Kier alpha value is -2.12. The van der Waals surface area contributed by atoms with Gasteiger partial charge in [-0.25, -0.2) is 9.59 Å². The van der Waals surface area contributed by atoms with E-state index >= 15 is 0 Å². The lowest BCUT2D eigenvalue weighted by molar-refractivity contribution is -0.120. The molecule has 0 atom stereocenters. The Morgan fingerprint density at radius 1 is 1.53 bits per heavy atom. The number of carbonyl (C=O) groups is 2. The van der Waals surface area contributed by atoms with Gasteiger partial charge in [-0.3, -0.25) is 19.2 Å². The molecule has 3 amide bonds. The van der Waals surface area contributed by atoms with Crippen LogP contribution in [-0.4, -0.2) is 28.7 Å². The highest BCUT2D eigenvalue weighted by atomic mass is 16.5. The molecule has 0 spiro atoms. The zero-order valence-electron chi connectivity index (χ0n) is 8.23. The molecule has 0 unspecified atom stereocenters. The van der Waals surface area contributed by atoms with Crippen molar-refractivity contribution in [3.05, 3.63) is 16.4 Å². The largest absolute Gasteiger partial charge is 0.442 e. The van der Waals surface area contributed by atoms with Gasteiger partial charge in [-0.15, -0.1) is 0 Å². The molecule has 82 valence electrons. The van der Waals surface area contributed by atoms with Crippen LogP contribution in [0.4, 0.5) is 4.79 Å². The van der Waals surface area contributed by atoms with Gasteiger partial charge in [0.2, 0.25) is 5.91 Å². The second-order valence-electron chi connectivity index (χ2n) is 2.71. The average molecular weight is 214 g/mol. The first-order valence-electron chi connectivity index (χ1n) is 4.09. The third-order valence-electron chi connectivity index (χ3n) is 1.65. The van der Waals surface area contributed by atoms with Crippen molar-refractivity contribution < 1.29 is 14.1 Å². The smallest absolute Gasteiger partial charge is 0.341 e. The SMILES string of the molecule is CNC(=O)NC(=O)Cn1c(C)noc1=O. The zero-order valence-corrected chi connectivity index (χ0v) is 8.23. The third-order valence-corrected chi connectivity index (χ3v) is 1.65. The first-order valence-corrected chi connectivity index (χ1v) is 4.09. The monoisotopic (exact) mass is 214 g/mol. The number of imide groups is 1. The molecule has 0 aliphatic heterocycles. The van der Waals surface area contributed by atoms with E-state index in [1.807, 2.05) is 5.32 Å². The van der Waals surface area contributed by atoms with Crippen molar-refractivity contribution in [2.45, 2.75) is 13.5 Å². The highest BCUT2D eigenvalue weighted by molar-refractivity contribution is 5.93. The summed E-state index contributed by atoms with van der Waals surface area (Å²) in [5.74, 6) is -1.09. The van der Waals surface area contributed by atoms with Crippen molar-refractivity contribution in [2.24, 2.45) is 0 Å². The van der Waals surface area contributed by atoms with E-state index in [4.69, 9.17) is 0 Å². The van der Waals surface area contributed by atoms with Crippen LogP contribution in [0.25, 0.3) is 0 Å². The van der Waals surface area contributed by atoms with Gasteiger partial charge in [-0.1, -0.05) is 5.16 Å². The Morgan fingerprint density at radius 2 is 2.20 bits per heavy atom. The Balaban J connectivity index is 2.67. The van der Waals surface area contributed by atoms with E-state index in [1.54, 1.807) is 0 Å². The van der Waals surface area contributed by atoms with Crippen molar-refractivity contribution in [1.82, 2.24) is 20.4 Å². The van der Waals surface area contributed by atoms with Crippen LogP contribution >= 0.6 is 0 Å². The molecule has 1 heterocycles. The summed E-state index contributed by atoms with van der Waals surface area (Å²) in [7, 11) is 1.37. The molecule has 0 saturated heterocycles. The van der Waals surface area contributed by atoms with Gasteiger partial charge in [0, 0.05) is 7.05 Å². The summed E-state index contributed by atoms with van der Waals surface area (Å²) in [5.41, 5.74) is 0. The first-order chi connectivity index (χ1) is 7.04. The highest BCUT2D eigenvalue weighted by Gasteiger charge is 2.12. The number of aromatic nitrogens is 2. The van der Waals surface area contributed by atoms with Gasteiger partial charge in [0.05, 0.1) is 0 Å². The molecule has 0 aliphatic carbocycles. The maximum Gasteiger partial charge on any atom is 0.442 e. The quantitative estimate of drug-likeness (QED) is 0.629. The molecule has 0 aromatic carbocycles. The predicted octanol–water partition coefficient (Wildman–Crippen LogP) is -1.40. The molecule has 0 radical (unpaired) electrons. The van der Waals surface area contributed by atoms with E-state index in [9.17, 15) is 14.4 Å². The molecule has 1 rings (SSSR count). The molecule has 8 nitrogen and oxygen atoms in total. The van der Waals surface area contributed by atoms with Crippen molar-refractivity contribution in [3.8, 4) is 0 Å². The summed E-state index contributed by atoms with van der Waals surface area (Å²) in [6.45, 7) is 1.21. The molecule has 0 aliphatic rings. The number of nitrogens with one attached hydrogen (secondary N) is 2. The van der Waals surface area contributed by atoms with E-state index in [0.717, 1.165) is 4.57 Å². The van der Waals surface area contributed by atoms with Gasteiger partial charge in [0.25, 0.3) is 0 Å². The molecular weight excluding hydrogens is 204 g/mol. The van der Waals surface area contributed by atoms with Crippen molar-refractivity contribution in [2.75, 3.05) is 7.05 Å². The van der Waals surface area contributed by atoms with Gasteiger partial charge in [-0.05, 0) is 6.92 Å².